The number of carbonyl (C=O) groups excluding carboxylic acids is 2. The van der Waals surface area contributed by atoms with Crippen LogP contribution in [0.1, 0.15) is 42.2 Å². The van der Waals surface area contributed by atoms with Crippen molar-refractivity contribution in [2.24, 2.45) is 0 Å². The van der Waals surface area contributed by atoms with Gasteiger partial charge >= 0.3 is 6.18 Å². The van der Waals surface area contributed by atoms with Crippen LogP contribution < -0.4 is 10.2 Å². The van der Waals surface area contributed by atoms with Crippen molar-refractivity contribution in [1.29, 1.82) is 0 Å². The molecule has 0 spiro atoms. The number of rotatable bonds is 6. The number of amides is 2. The average Bonchev–Trinajstić information content (AvgIpc) is 3.25. The standard InChI is InChI=1S/C21H20ClF3N2O2S/c22-13-18(28)27(16-9-4-6-14(12-16)21(23,24)25)19(17-10-5-11-30-17)20(29)26-15-7-2-1-3-8-15/h4-7,9-12,19H,1-3,8,13H2,(H,26,29). The molecule has 3 rings (SSSR count). The molecule has 1 unspecified atom stereocenters. The minimum atomic E-state index is -4.58. The Bertz CT molecular complexity index is 929. The van der Waals surface area contributed by atoms with Gasteiger partial charge in [0.15, 0.2) is 6.04 Å². The van der Waals surface area contributed by atoms with E-state index in [4.69, 9.17) is 11.6 Å². The number of hydrogen-bond donors (Lipinski definition) is 1. The zero-order valence-corrected chi connectivity index (χ0v) is 17.5. The maximum absolute atomic E-state index is 13.2. The topological polar surface area (TPSA) is 49.4 Å². The summed E-state index contributed by atoms with van der Waals surface area (Å²) in [6, 6.07) is 6.61. The summed E-state index contributed by atoms with van der Waals surface area (Å²) in [4.78, 5) is 27.5. The SMILES string of the molecule is O=C(NC1=CCCCC1)C(c1cccs1)N(C(=O)CCl)c1cccc(C(F)(F)F)c1. The monoisotopic (exact) mass is 456 g/mol. The third-order valence-electron chi connectivity index (χ3n) is 4.73. The second-order valence-electron chi connectivity index (χ2n) is 6.83. The normalized spacial score (nSPS) is 15.3. The summed E-state index contributed by atoms with van der Waals surface area (Å²) in [7, 11) is 0. The maximum atomic E-state index is 13.2. The predicted octanol–water partition coefficient (Wildman–Crippen LogP) is 5.65. The van der Waals surface area contributed by atoms with E-state index in [0.717, 1.165) is 42.0 Å². The average molecular weight is 457 g/mol. The highest BCUT2D eigenvalue weighted by Crippen LogP contribution is 2.36. The van der Waals surface area contributed by atoms with Gasteiger partial charge in [0.05, 0.1) is 5.56 Å². The summed E-state index contributed by atoms with van der Waals surface area (Å²) in [5.74, 6) is -1.63. The largest absolute Gasteiger partial charge is 0.416 e. The van der Waals surface area contributed by atoms with Crippen LogP contribution in [0.2, 0.25) is 0 Å². The Hall–Kier alpha value is -2.32. The summed E-state index contributed by atoms with van der Waals surface area (Å²) in [6.45, 7) is 0. The third kappa shape index (κ3) is 5.23. The second kappa shape index (κ2) is 9.66. The highest BCUT2D eigenvalue weighted by atomic mass is 35.5. The molecule has 0 bridgehead atoms. The number of nitrogens with one attached hydrogen (secondary N) is 1. The maximum Gasteiger partial charge on any atom is 0.416 e. The van der Waals surface area contributed by atoms with Crippen molar-refractivity contribution in [3.63, 3.8) is 0 Å². The van der Waals surface area contributed by atoms with Crippen molar-refractivity contribution in [1.82, 2.24) is 5.32 Å². The van der Waals surface area contributed by atoms with Gasteiger partial charge in [-0.15, -0.1) is 22.9 Å². The van der Waals surface area contributed by atoms with E-state index in [0.29, 0.717) is 11.3 Å². The van der Waals surface area contributed by atoms with E-state index in [1.54, 1.807) is 17.5 Å². The highest BCUT2D eigenvalue weighted by molar-refractivity contribution is 7.10. The number of allylic oxidation sites excluding steroid dienone is 2. The van der Waals surface area contributed by atoms with Crippen molar-refractivity contribution in [3.05, 3.63) is 64.0 Å². The minimum Gasteiger partial charge on any atom is -0.328 e. The molecule has 30 heavy (non-hydrogen) atoms. The molecule has 0 fully saturated rings. The van der Waals surface area contributed by atoms with Gasteiger partial charge in [-0.25, -0.2) is 0 Å². The molecule has 2 aromatic rings. The number of alkyl halides is 4. The van der Waals surface area contributed by atoms with E-state index in [9.17, 15) is 22.8 Å². The van der Waals surface area contributed by atoms with Crippen LogP contribution in [0.25, 0.3) is 0 Å². The highest BCUT2D eigenvalue weighted by Gasteiger charge is 2.36. The molecule has 9 heteroatoms. The van der Waals surface area contributed by atoms with E-state index in [1.165, 1.54) is 23.5 Å². The van der Waals surface area contributed by atoms with Gasteiger partial charge in [0, 0.05) is 16.3 Å². The van der Waals surface area contributed by atoms with Crippen LogP contribution in [0, 0.1) is 0 Å². The van der Waals surface area contributed by atoms with Crippen LogP contribution in [0.4, 0.5) is 18.9 Å². The van der Waals surface area contributed by atoms with Gasteiger partial charge in [-0.05, 0) is 55.3 Å². The molecule has 1 aliphatic rings. The molecule has 1 atom stereocenters. The minimum absolute atomic E-state index is 0.0401. The van der Waals surface area contributed by atoms with E-state index >= 15 is 0 Å². The molecule has 2 amide bonds. The van der Waals surface area contributed by atoms with Crippen LogP contribution in [0.3, 0.4) is 0 Å². The van der Waals surface area contributed by atoms with Crippen molar-refractivity contribution in [2.45, 2.75) is 37.9 Å². The lowest BCUT2D eigenvalue weighted by Crippen LogP contribution is -2.44. The zero-order chi connectivity index (χ0) is 21.7. The van der Waals surface area contributed by atoms with E-state index in [-0.39, 0.29) is 5.69 Å². The van der Waals surface area contributed by atoms with Crippen molar-refractivity contribution in [2.75, 3.05) is 10.8 Å². The first-order valence-electron chi connectivity index (χ1n) is 9.40. The summed E-state index contributed by atoms with van der Waals surface area (Å²) in [5.41, 5.74) is -0.190. The van der Waals surface area contributed by atoms with Crippen molar-refractivity contribution in [3.8, 4) is 0 Å². The lowest BCUT2D eigenvalue weighted by Gasteiger charge is -2.31. The Morgan fingerprint density at radius 2 is 2.00 bits per heavy atom. The van der Waals surface area contributed by atoms with Gasteiger partial charge in [0.1, 0.15) is 5.88 Å². The Kier molecular flexibility index (Phi) is 7.20. The van der Waals surface area contributed by atoms with Gasteiger partial charge in [-0.2, -0.15) is 13.2 Å². The fourth-order valence-corrected chi connectivity index (χ4v) is 4.27. The Morgan fingerprint density at radius 3 is 2.60 bits per heavy atom. The smallest absolute Gasteiger partial charge is 0.328 e. The van der Waals surface area contributed by atoms with Crippen LogP contribution >= 0.6 is 22.9 Å². The van der Waals surface area contributed by atoms with E-state index in [1.807, 2.05) is 6.08 Å². The van der Waals surface area contributed by atoms with Gasteiger partial charge in [0.25, 0.3) is 5.91 Å². The number of benzene rings is 1. The first kappa shape index (κ1) is 22.4. The molecule has 0 saturated heterocycles. The summed E-state index contributed by atoms with van der Waals surface area (Å²) >= 11 is 7.02. The molecular formula is C21H20ClF3N2O2S. The van der Waals surface area contributed by atoms with E-state index in [2.05, 4.69) is 5.32 Å². The lowest BCUT2D eigenvalue weighted by molar-refractivity contribution is -0.137. The first-order chi connectivity index (χ1) is 14.3. The quantitative estimate of drug-likeness (QED) is 0.571. The molecule has 1 N–H and O–H groups in total. The molecule has 0 radical (unpaired) electrons. The molecule has 1 aromatic carbocycles. The first-order valence-corrected chi connectivity index (χ1v) is 10.8. The molecule has 0 aliphatic heterocycles. The zero-order valence-electron chi connectivity index (χ0n) is 15.9. The summed E-state index contributed by atoms with van der Waals surface area (Å²) < 4.78 is 39.7. The molecule has 160 valence electrons. The molecule has 1 heterocycles. The Labute approximate surface area is 181 Å². The predicted molar refractivity (Wildman–Crippen MR) is 111 cm³/mol. The number of thiophene rings is 1. The number of nitrogens with zero attached hydrogens (tertiary/aromatic N) is 1. The Morgan fingerprint density at radius 1 is 1.20 bits per heavy atom. The van der Waals surface area contributed by atoms with Crippen LogP contribution in [-0.2, 0) is 15.8 Å². The molecular weight excluding hydrogens is 437 g/mol. The molecule has 4 nitrogen and oxygen atoms in total. The molecule has 1 aromatic heterocycles. The summed E-state index contributed by atoms with van der Waals surface area (Å²) in [5, 5.41) is 4.59. The fraction of sp³-hybridized carbons (Fsp3) is 0.333. The number of carbonyl (C=O) groups is 2. The second-order valence-corrected chi connectivity index (χ2v) is 8.07. The third-order valence-corrected chi connectivity index (χ3v) is 5.88. The van der Waals surface area contributed by atoms with E-state index < -0.39 is 35.5 Å². The van der Waals surface area contributed by atoms with Crippen LogP contribution in [0.5, 0.6) is 0 Å². The van der Waals surface area contributed by atoms with Gasteiger partial charge in [-0.3, -0.25) is 14.5 Å². The summed E-state index contributed by atoms with van der Waals surface area (Å²) in [6.07, 6.45) is 0.875. The number of halogens is 4. The number of anilines is 1. The lowest BCUT2D eigenvalue weighted by atomic mass is 10.0. The fourth-order valence-electron chi connectivity index (χ4n) is 3.33. The van der Waals surface area contributed by atoms with Gasteiger partial charge in [-0.1, -0.05) is 18.2 Å². The van der Waals surface area contributed by atoms with Crippen LogP contribution in [0.15, 0.2) is 53.6 Å². The van der Waals surface area contributed by atoms with Gasteiger partial charge in [0.2, 0.25) is 5.91 Å². The Balaban J connectivity index is 2.04. The number of hydrogen-bond acceptors (Lipinski definition) is 3. The van der Waals surface area contributed by atoms with Gasteiger partial charge < -0.3 is 5.32 Å². The molecule has 1 aliphatic carbocycles. The van der Waals surface area contributed by atoms with Crippen LogP contribution in [-0.4, -0.2) is 17.7 Å². The van der Waals surface area contributed by atoms with Crippen molar-refractivity contribution < 1.29 is 22.8 Å². The van der Waals surface area contributed by atoms with Crippen molar-refractivity contribution >= 4 is 40.4 Å². The molecule has 0 saturated carbocycles.